The van der Waals surface area contributed by atoms with E-state index in [4.69, 9.17) is 9.47 Å². The first-order valence-corrected chi connectivity index (χ1v) is 13.5. The van der Waals surface area contributed by atoms with Gasteiger partial charge in [-0.2, -0.15) is 0 Å². The minimum Gasteiger partial charge on any atom is -0.375 e. The topological polar surface area (TPSA) is 42.5 Å². The fourth-order valence-corrected chi connectivity index (χ4v) is 5.36. The van der Waals surface area contributed by atoms with Crippen molar-refractivity contribution in [2.75, 3.05) is 25.7 Å². The monoisotopic (exact) mass is 446 g/mol. The number of hydrogen-bond acceptors (Lipinski definition) is 6. The number of allylic oxidation sites excluding steroid dienone is 1. The molecule has 172 valence electrons. The maximum absolute atomic E-state index is 6.67. The zero-order chi connectivity index (χ0) is 22.1. The molecule has 1 aliphatic carbocycles. The van der Waals surface area contributed by atoms with Gasteiger partial charge < -0.3 is 9.47 Å². The van der Waals surface area contributed by atoms with Gasteiger partial charge in [0.05, 0.1) is 23.4 Å². The molecule has 1 rings (SSSR count). The highest BCUT2D eigenvalue weighted by Gasteiger charge is 2.36. The van der Waals surface area contributed by atoms with Crippen molar-refractivity contribution in [3.05, 3.63) is 11.6 Å². The van der Waals surface area contributed by atoms with E-state index >= 15 is 0 Å². The zero-order valence-corrected chi connectivity index (χ0v) is 21.9. The van der Waals surface area contributed by atoms with Crippen LogP contribution in [0.1, 0.15) is 80.6 Å². The van der Waals surface area contributed by atoms with Crippen LogP contribution in [0.3, 0.4) is 0 Å². The Bertz CT molecular complexity index is 511. The predicted octanol–water partition coefficient (Wildman–Crippen LogP) is 5.99. The second-order valence-electron chi connectivity index (χ2n) is 9.98. The van der Waals surface area contributed by atoms with Crippen LogP contribution in [0.2, 0.25) is 0 Å². The van der Waals surface area contributed by atoms with Crippen LogP contribution >= 0.6 is 23.9 Å². The highest BCUT2D eigenvalue weighted by Crippen LogP contribution is 2.38. The molecular formula is C23H46N2O2S2. The summed E-state index contributed by atoms with van der Waals surface area (Å²) in [5.41, 5.74) is 0.973. The van der Waals surface area contributed by atoms with Gasteiger partial charge in [-0.25, -0.2) is 0 Å². The summed E-state index contributed by atoms with van der Waals surface area (Å²) in [7, 11) is 0. The molecule has 0 aliphatic heterocycles. The van der Waals surface area contributed by atoms with Gasteiger partial charge in [0.25, 0.3) is 0 Å². The fraction of sp³-hybridized carbons (Fsp3) is 0.913. The minimum absolute atomic E-state index is 0.168. The second kappa shape index (κ2) is 12.4. The largest absolute Gasteiger partial charge is 0.375 e. The predicted molar refractivity (Wildman–Crippen MR) is 132 cm³/mol. The Kier molecular flexibility index (Phi) is 11.6. The summed E-state index contributed by atoms with van der Waals surface area (Å²) in [6, 6.07) is 0.372. The van der Waals surface area contributed by atoms with Gasteiger partial charge in [-0.3, -0.25) is 9.44 Å². The molecule has 0 heterocycles. The molecule has 0 bridgehead atoms. The molecule has 0 amide bonds. The molecular weight excluding hydrogens is 400 g/mol. The van der Waals surface area contributed by atoms with Gasteiger partial charge in [-0.05, 0) is 85.2 Å². The number of rotatable bonds is 14. The van der Waals surface area contributed by atoms with Crippen LogP contribution in [0.15, 0.2) is 11.6 Å². The van der Waals surface area contributed by atoms with Gasteiger partial charge in [0.1, 0.15) is 0 Å². The highest BCUT2D eigenvalue weighted by atomic mass is 32.2. The Hall–Kier alpha value is 0.280. The maximum Gasteiger partial charge on any atom is 0.0846 e. The van der Waals surface area contributed by atoms with Gasteiger partial charge in [0, 0.05) is 12.6 Å². The molecule has 0 aromatic heterocycles. The lowest BCUT2D eigenvalue weighted by molar-refractivity contribution is -0.136. The first kappa shape index (κ1) is 27.3. The number of ether oxygens (including phenoxy) is 2. The molecule has 6 heteroatoms. The quantitative estimate of drug-likeness (QED) is 0.252. The molecule has 2 N–H and O–H groups in total. The normalized spacial score (nSPS) is 24.4. The van der Waals surface area contributed by atoms with Crippen molar-refractivity contribution in [1.29, 1.82) is 0 Å². The van der Waals surface area contributed by atoms with Crippen molar-refractivity contribution in [1.82, 2.24) is 9.44 Å². The van der Waals surface area contributed by atoms with E-state index < -0.39 is 0 Å². The van der Waals surface area contributed by atoms with Crippen LogP contribution in [0.4, 0.5) is 0 Å². The van der Waals surface area contributed by atoms with Gasteiger partial charge >= 0.3 is 0 Å². The molecule has 4 nitrogen and oxygen atoms in total. The smallest absolute Gasteiger partial charge is 0.0846 e. The molecule has 3 unspecified atom stereocenters. The van der Waals surface area contributed by atoms with Crippen molar-refractivity contribution in [3.63, 3.8) is 0 Å². The van der Waals surface area contributed by atoms with Crippen molar-refractivity contribution < 1.29 is 9.47 Å². The van der Waals surface area contributed by atoms with E-state index in [1.165, 1.54) is 12.0 Å². The standard InChI is InChI=1S/C23H46N2O2S2/c1-10-19-13-18(2)14-23(7,15-19)27-21(3,4)11-12-26-22(5,6)16-20(25-29-9)17-24-28-8/h15,18,20,24-25H,10-14,16-17H2,1-9H3. The van der Waals surface area contributed by atoms with E-state index in [1.807, 2.05) is 0 Å². The maximum atomic E-state index is 6.67. The first-order chi connectivity index (χ1) is 13.4. The molecule has 0 saturated carbocycles. The Balaban J connectivity index is 2.57. The molecule has 0 fully saturated rings. The molecule has 3 atom stereocenters. The van der Waals surface area contributed by atoms with E-state index in [-0.39, 0.29) is 16.8 Å². The van der Waals surface area contributed by atoms with Crippen molar-refractivity contribution >= 4 is 23.9 Å². The molecule has 0 aromatic rings. The Labute approximate surface area is 189 Å². The van der Waals surface area contributed by atoms with Gasteiger partial charge in [0.2, 0.25) is 0 Å². The van der Waals surface area contributed by atoms with Crippen molar-refractivity contribution in [2.24, 2.45) is 5.92 Å². The minimum atomic E-state index is -0.214. The van der Waals surface area contributed by atoms with Crippen LogP contribution in [-0.2, 0) is 9.47 Å². The SMILES string of the molecule is CCC1=CC(C)(OC(C)(C)CCOC(C)(C)CC(CNSC)NSC)CC(C)C1. The molecule has 29 heavy (non-hydrogen) atoms. The first-order valence-electron chi connectivity index (χ1n) is 11.0. The number of nitrogens with one attached hydrogen (secondary N) is 2. The number of hydrogen-bond donors (Lipinski definition) is 2. The van der Waals surface area contributed by atoms with Crippen LogP contribution < -0.4 is 9.44 Å². The highest BCUT2D eigenvalue weighted by molar-refractivity contribution is 7.97. The second-order valence-corrected chi connectivity index (χ2v) is 11.3. The van der Waals surface area contributed by atoms with Gasteiger partial charge in [-0.1, -0.05) is 49.4 Å². The van der Waals surface area contributed by atoms with Gasteiger partial charge in [0.15, 0.2) is 0 Å². The average molecular weight is 447 g/mol. The fourth-order valence-electron chi connectivity index (χ4n) is 4.49. The summed E-state index contributed by atoms with van der Waals surface area (Å²) >= 11 is 3.33. The van der Waals surface area contributed by atoms with E-state index in [2.05, 4.69) is 76.5 Å². The molecule has 0 spiro atoms. The Morgan fingerprint density at radius 1 is 1.21 bits per heavy atom. The average Bonchev–Trinajstić information content (AvgIpc) is 2.57. The van der Waals surface area contributed by atoms with E-state index in [1.54, 1.807) is 23.9 Å². The van der Waals surface area contributed by atoms with Gasteiger partial charge in [-0.15, -0.1) is 0 Å². The lowest BCUT2D eigenvalue weighted by atomic mass is 9.80. The Morgan fingerprint density at radius 3 is 2.48 bits per heavy atom. The zero-order valence-electron chi connectivity index (χ0n) is 20.3. The van der Waals surface area contributed by atoms with Crippen molar-refractivity contribution in [2.45, 2.75) is 103 Å². The Morgan fingerprint density at radius 2 is 1.90 bits per heavy atom. The summed E-state index contributed by atoms with van der Waals surface area (Å²) in [5.74, 6) is 0.682. The van der Waals surface area contributed by atoms with Crippen LogP contribution in [0, 0.1) is 5.92 Å². The summed E-state index contributed by atoms with van der Waals surface area (Å²) in [4.78, 5) is 0. The van der Waals surface area contributed by atoms with Crippen LogP contribution in [0.25, 0.3) is 0 Å². The molecule has 0 radical (unpaired) electrons. The lowest BCUT2D eigenvalue weighted by Crippen LogP contribution is -2.43. The molecule has 0 saturated heterocycles. The van der Waals surface area contributed by atoms with E-state index in [9.17, 15) is 0 Å². The van der Waals surface area contributed by atoms with E-state index in [0.717, 1.165) is 32.2 Å². The third-order valence-corrected chi connectivity index (χ3v) is 6.56. The lowest BCUT2D eigenvalue weighted by Gasteiger charge is -2.42. The van der Waals surface area contributed by atoms with Crippen LogP contribution in [0.5, 0.6) is 0 Å². The summed E-state index contributed by atoms with van der Waals surface area (Å²) < 4.78 is 19.8. The molecule has 1 aliphatic rings. The van der Waals surface area contributed by atoms with Crippen LogP contribution in [-0.4, -0.2) is 48.5 Å². The third-order valence-electron chi connectivity index (χ3n) is 5.53. The summed E-state index contributed by atoms with van der Waals surface area (Å²) in [5, 5.41) is 0. The van der Waals surface area contributed by atoms with Crippen molar-refractivity contribution in [3.8, 4) is 0 Å². The summed E-state index contributed by atoms with van der Waals surface area (Å²) in [6.07, 6.45) is 11.8. The summed E-state index contributed by atoms with van der Waals surface area (Å²) in [6.45, 7) is 17.3. The van der Waals surface area contributed by atoms with E-state index in [0.29, 0.717) is 18.6 Å². The third kappa shape index (κ3) is 10.9. The molecule has 0 aromatic carbocycles.